The number of hydrogen-bond acceptors (Lipinski definition) is 4. The maximum absolute atomic E-state index is 10.8. The van der Waals surface area contributed by atoms with Gasteiger partial charge in [0.05, 0.1) is 0 Å². The van der Waals surface area contributed by atoms with Gasteiger partial charge in [0.2, 0.25) is 0 Å². The van der Waals surface area contributed by atoms with Gasteiger partial charge in [0, 0.05) is 0 Å². The van der Waals surface area contributed by atoms with Crippen LogP contribution in [0.15, 0.2) is 24.3 Å². The van der Waals surface area contributed by atoms with Crippen LogP contribution in [0.1, 0.15) is 0 Å². The number of carboxylic acids is 4. The zero-order chi connectivity index (χ0) is 15.4. The monoisotopic (exact) mass is 280 g/mol. The number of rotatable bonds is 4. The Labute approximate surface area is 110 Å². The van der Waals surface area contributed by atoms with Gasteiger partial charge in [-0.15, -0.1) is 0 Å². The fourth-order valence-electron chi connectivity index (χ4n) is 1.48. The highest BCUT2D eigenvalue weighted by Gasteiger charge is 2.18. The molecule has 1 aromatic rings. The average molecular weight is 280 g/mol. The lowest BCUT2D eigenvalue weighted by atomic mass is 10.1. The van der Waals surface area contributed by atoms with Crippen molar-refractivity contribution in [1.82, 2.24) is 0 Å². The van der Waals surface area contributed by atoms with Crippen LogP contribution in [0, 0.1) is 0 Å². The van der Waals surface area contributed by atoms with Gasteiger partial charge in [-0.25, -0.2) is 19.2 Å². The van der Waals surface area contributed by atoms with Crippen LogP contribution >= 0.6 is 0 Å². The van der Waals surface area contributed by atoms with E-state index in [0.717, 1.165) is 24.3 Å². The van der Waals surface area contributed by atoms with Crippen molar-refractivity contribution in [2.24, 2.45) is 0 Å². The zero-order valence-electron chi connectivity index (χ0n) is 9.73. The van der Waals surface area contributed by atoms with Crippen molar-refractivity contribution in [1.29, 1.82) is 0 Å². The smallest absolute Gasteiger partial charge is 0.343 e. The molecule has 0 heterocycles. The summed E-state index contributed by atoms with van der Waals surface area (Å²) in [6.45, 7) is 0. The third-order valence-electron chi connectivity index (χ3n) is 2.32. The number of carbonyl (C=O) groups is 4. The van der Waals surface area contributed by atoms with Gasteiger partial charge in [-0.1, -0.05) is 24.3 Å². The summed E-state index contributed by atoms with van der Waals surface area (Å²) in [6, 6.07) is 4.11. The first-order valence-electron chi connectivity index (χ1n) is 5.03. The number of carboxylic acid groups (broad SMARTS) is 4. The van der Waals surface area contributed by atoms with E-state index in [2.05, 4.69) is 0 Å². The van der Waals surface area contributed by atoms with E-state index in [9.17, 15) is 19.2 Å². The van der Waals surface area contributed by atoms with Crippen LogP contribution in [0.25, 0.3) is 11.1 Å². The number of benzene rings is 1. The van der Waals surface area contributed by atoms with Gasteiger partial charge in [-0.05, 0) is 10.4 Å². The largest absolute Gasteiger partial charge is 0.477 e. The molecule has 8 heteroatoms. The quantitative estimate of drug-likeness (QED) is 0.478. The van der Waals surface area contributed by atoms with Gasteiger partial charge >= 0.3 is 23.9 Å². The lowest BCUT2D eigenvalue weighted by Gasteiger charge is -1.97. The minimum atomic E-state index is -1.66. The van der Waals surface area contributed by atoms with Crippen LogP contribution in [-0.2, 0) is 19.2 Å². The fourth-order valence-corrected chi connectivity index (χ4v) is 1.48. The molecule has 0 atom stereocenters. The molecular formula is C12H8O8. The standard InChI is InChI=1S/C12H8O8/c13-9(14)7(10(15)16)5-1-2-6(4-3-5)8(11(17)18)12(19)20/h1-4H,(H,13,14)(H,15,16)(H,17,18)(H,19,20). The Kier molecular flexibility index (Phi) is 4.21. The molecule has 4 N–H and O–H groups in total. The third kappa shape index (κ3) is 2.99. The second-order valence-corrected chi connectivity index (χ2v) is 3.55. The molecule has 0 aromatic heterocycles. The Hall–Kier alpha value is -3.16. The summed E-state index contributed by atoms with van der Waals surface area (Å²) in [5, 5.41) is 34.6. The topological polar surface area (TPSA) is 149 Å². The summed E-state index contributed by atoms with van der Waals surface area (Å²) in [6.07, 6.45) is 0. The van der Waals surface area contributed by atoms with Gasteiger partial charge < -0.3 is 20.4 Å². The summed E-state index contributed by atoms with van der Waals surface area (Å²) in [5.41, 5.74) is -1.80. The normalized spacial score (nSPS) is 9.60. The molecule has 0 saturated heterocycles. The highest BCUT2D eigenvalue weighted by molar-refractivity contribution is 6.36. The second kappa shape index (κ2) is 5.65. The van der Waals surface area contributed by atoms with Gasteiger partial charge in [0.25, 0.3) is 0 Å². The molecule has 0 amide bonds. The van der Waals surface area contributed by atoms with Crippen molar-refractivity contribution in [3.63, 3.8) is 0 Å². The van der Waals surface area contributed by atoms with Crippen LogP contribution in [0.2, 0.25) is 0 Å². The zero-order valence-corrected chi connectivity index (χ0v) is 9.73. The minimum absolute atomic E-state index is 0.177. The van der Waals surface area contributed by atoms with Crippen LogP contribution in [0.3, 0.4) is 0 Å². The molecule has 1 rings (SSSR count). The van der Waals surface area contributed by atoms with Gasteiger partial charge in [-0.2, -0.15) is 0 Å². The molecule has 0 radical (unpaired) electrons. The summed E-state index contributed by atoms with van der Waals surface area (Å²) in [5.74, 6) is -6.64. The molecule has 0 aliphatic heterocycles. The first-order valence-corrected chi connectivity index (χ1v) is 5.03. The first kappa shape index (κ1) is 14.9. The highest BCUT2D eigenvalue weighted by Crippen LogP contribution is 1.95. The molecule has 0 bridgehead atoms. The van der Waals surface area contributed by atoms with Crippen LogP contribution in [0.5, 0.6) is 0 Å². The molecule has 104 valence electrons. The molecule has 0 fully saturated rings. The SMILES string of the molecule is O=C(O)C(C(=O)O)=c1ccc(=C(C(=O)O)C(=O)O)cc1. The fraction of sp³-hybridized carbons (Fsp3) is 0. The predicted molar refractivity (Wildman–Crippen MR) is 63.1 cm³/mol. The second-order valence-electron chi connectivity index (χ2n) is 3.55. The molecule has 0 aliphatic carbocycles. The maximum atomic E-state index is 10.8. The van der Waals surface area contributed by atoms with Crippen molar-refractivity contribution < 1.29 is 39.6 Å². The molecule has 0 aliphatic rings. The molecule has 8 nitrogen and oxygen atoms in total. The first-order chi connectivity index (χ1) is 9.25. The summed E-state index contributed by atoms with van der Waals surface area (Å²) < 4.78 is 0. The molecule has 0 saturated carbocycles. The van der Waals surface area contributed by atoms with Gasteiger partial charge in [0.15, 0.2) is 11.1 Å². The predicted octanol–water partition coefficient (Wildman–Crippen LogP) is -1.67. The van der Waals surface area contributed by atoms with Crippen molar-refractivity contribution in [2.75, 3.05) is 0 Å². The Bertz CT molecular complexity index is 610. The molecular weight excluding hydrogens is 272 g/mol. The number of hydrogen-bond donors (Lipinski definition) is 4. The van der Waals surface area contributed by atoms with Crippen molar-refractivity contribution >= 4 is 35.0 Å². The maximum Gasteiger partial charge on any atom is 0.343 e. The van der Waals surface area contributed by atoms with E-state index in [1.165, 1.54) is 0 Å². The lowest BCUT2D eigenvalue weighted by molar-refractivity contribution is -0.138. The van der Waals surface area contributed by atoms with E-state index < -0.39 is 35.0 Å². The molecule has 0 spiro atoms. The lowest BCUT2D eigenvalue weighted by Crippen LogP contribution is -2.24. The van der Waals surface area contributed by atoms with E-state index in [1.807, 2.05) is 0 Å². The van der Waals surface area contributed by atoms with E-state index in [-0.39, 0.29) is 10.4 Å². The van der Waals surface area contributed by atoms with E-state index in [1.54, 1.807) is 0 Å². The molecule has 20 heavy (non-hydrogen) atoms. The van der Waals surface area contributed by atoms with Gasteiger partial charge in [0.1, 0.15) is 0 Å². The minimum Gasteiger partial charge on any atom is -0.477 e. The Morgan fingerprint density at radius 3 is 0.900 bits per heavy atom. The van der Waals surface area contributed by atoms with E-state index >= 15 is 0 Å². The van der Waals surface area contributed by atoms with Gasteiger partial charge in [-0.3, -0.25) is 0 Å². The van der Waals surface area contributed by atoms with Crippen molar-refractivity contribution in [3.8, 4) is 0 Å². The Morgan fingerprint density at radius 1 is 0.550 bits per heavy atom. The Morgan fingerprint density at radius 2 is 0.750 bits per heavy atom. The molecule has 1 aromatic carbocycles. The molecule has 0 unspecified atom stereocenters. The Balaban J connectivity index is 3.67. The average Bonchev–Trinajstić information content (AvgIpc) is 2.29. The van der Waals surface area contributed by atoms with Crippen molar-refractivity contribution in [3.05, 3.63) is 34.7 Å². The summed E-state index contributed by atoms with van der Waals surface area (Å²) in [7, 11) is 0. The number of aliphatic carboxylic acids is 4. The van der Waals surface area contributed by atoms with E-state index in [4.69, 9.17) is 20.4 Å². The van der Waals surface area contributed by atoms with Crippen molar-refractivity contribution in [2.45, 2.75) is 0 Å². The van der Waals surface area contributed by atoms with Crippen LogP contribution in [0.4, 0.5) is 0 Å². The summed E-state index contributed by atoms with van der Waals surface area (Å²) in [4.78, 5) is 43.1. The van der Waals surface area contributed by atoms with Crippen LogP contribution in [-0.4, -0.2) is 44.3 Å². The van der Waals surface area contributed by atoms with Crippen LogP contribution < -0.4 is 10.4 Å². The summed E-state index contributed by atoms with van der Waals surface area (Å²) >= 11 is 0. The van der Waals surface area contributed by atoms with E-state index in [0.29, 0.717) is 0 Å². The highest BCUT2D eigenvalue weighted by atomic mass is 16.4. The third-order valence-corrected chi connectivity index (χ3v) is 2.32.